The highest BCUT2D eigenvalue weighted by Crippen LogP contribution is 2.19. The van der Waals surface area contributed by atoms with Gasteiger partial charge in [0.2, 0.25) is 11.8 Å². The van der Waals surface area contributed by atoms with Gasteiger partial charge in [-0.25, -0.2) is 18.7 Å². The minimum atomic E-state index is -0.910. The van der Waals surface area contributed by atoms with Crippen molar-refractivity contribution in [1.29, 1.82) is 0 Å². The van der Waals surface area contributed by atoms with E-state index in [9.17, 15) is 13.6 Å². The number of rotatable bonds is 4. The van der Waals surface area contributed by atoms with Crippen molar-refractivity contribution in [2.45, 2.75) is 6.54 Å². The zero-order chi connectivity index (χ0) is 17.1. The topological polar surface area (TPSA) is 58.6 Å². The van der Waals surface area contributed by atoms with E-state index in [0.717, 1.165) is 12.1 Å². The Hall–Kier alpha value is -2.77. The number of nitrogens with zero attached hydrogens (tertiary/aromatic N) is 4. The summed E-state index contributed by atoms with van der Waals surface area (Å²) in [6, 6.07) is 5.33. The second-order valence-electron chi connectivity index (χ2n) is 5.40. The van der Waals surface area contributed by atoms with Gasteiger partial charge in [0.1, 0.15) is 12.1 Å². The fourth-order valence-electron chi connectivity index (χ4n) is 2.54. The second-order valence-corrected chi connectivity index (χ2v) is 5.40. The van der Waals surface area contributed by atoms with Crippen molar-refractivity contribution in [3.63, 3.8) is 0 Å². The van der Waals surface area contributed by atoms with Gasteiger partial charge in [0.25, 0.3) is 0 Å². The maximum Gasteiger partial charge on any atom is 0.242 e. The number of carbonyl (C=O) groups is 1. The summed E-state index contributed by atoms with van der Waals surface area (Å²) in [6.07, 6.45) is 1.38. The van der Waals surface area contributed by atoms with Gasteiger partial charge in [0.15, 0.2) is 11.6 Å². The van der Waals surface area contributed by atoms with E-state index in [-0.39, 0.29) is 19.0 Å². The molecule has 0 bridgehead atoms. The van der Waals surface area contributed by atoms with Crippen LogP contribution in [0.25, 0.3) is 0 Å². The fraction of sp³-hybridized carbons (Fsp3) is 0.312. The summed E-state index contributed by atoms with van der Waals surface area (Å²) in [5.41, 5.74) is 0.555. The number of hydrogen-bond acceptors (Lipinski definition) is 5. The summed E-state index contributed by atoms with van der Waals surface area (Å²) < 4.78 is 31.3. The molecule has 0 atom stereocenters. The van der Waals surface area contributed by atoms with Crippen molar-refractivity contribution in [2.24, 2.45) is 0 Å². The van der Waals surface area contributed by atoms with Gasteiger partial charge >= 0.3 is 0 Å². The molecule has 0 saturated carbocycles. The van der Waals surface area contributed by atoms with E-state index in [0.29, 0.717) is 30.4 Å². The van der Waals surface area contributed by atoms with Gasteiger partial charge in [-0.05, 0) is 17.7 Å². The van der Waals surface area contributed by atoms with E-state index in [1.54, 1.807) is 11.0 Å². The Morgan fingerprint density at radius 1 is 1.17 bits per heavy atom. The highest BCUT2D eigenvalue weighted by molar-refractivity contribution is 5.82. The van der Waals surface area contributed by atoms with Crippen LogP contribution < -0.4 is 9.64 Å². The molecule has 0 radical (unpaired) electrons. The zero-order valence-corrected chi connectivity index (χ0v) is 13.1. The Bertz CT molecular complexity index is 757. The van der Waals surface area contributed by atoms with Gasteiger partial charge in [0.05, 0.1) is 13.7 Å². The van der Waals surface area contributed by atoms with Gasteiger partial charge in [-0.1, -0.05) is 6.07 Å². The third-order valence-corrected chi connectivity index (χ3v) is 3.84. The van der Waals surface area contributed by atoms with Gasteiger partial charge in [-0.15, -0.1) is 0 Å². The predicted molar refractivity (Wildman–Crippen MR) is 82.6 cm³/mol. The normalized spacial score (nSPS) is 14.9. The molecule has 0 N–H and O–H groups in total. The molecule has 2 aromatic rings. The SMILES string of the molecule is COc1cc(N2CCN(Cc3ccc(F)c(F)c3)C(=O)C2)ncn1. The molecule has 24 heavy (non-hydrogen) atoms. The van der Waals surface area contributed by atoms with Crippen molar-refractivity contribution in [1.82, 2.24) is 14.9 Å². The van der Waals surface area contributed by atoms with Crippen molar-refractivity contribution < 1.29 is 18.3 Å². The van der Waals surface area contributed by atoms with Crippen molar-refractivity contribution in [3.05, 3.63) is 47.8 Å². The molecular formula is C16H16F2N4O2. The molecule has 1 aromatic carbocycles. The number of anilines is 1. The average molecular weight is 334 g/mol. The van der Waals surface area contributed by atoms with Gasteiger partial charge in [0, 0.05) is 25.7 Å². The van der Waals surface area contributed by atoms with E-state index in [1.807, 2.05) is 4.90 Å². The van der Waals surface area contributed by atoms with Crippen LogP contribution in [0.1, 0.15) is 5.56 Å². The summed E-state index contributed by atoms with van der Waals surface area (Å²) in [7, 11) is 1.51. The van der Waals surface area contributed by atoms with Crippen LogP contribution in [0.4, 0.5) is 14.6 Å². The Balaban J connectivity index is 1.66. The first-order valence-corrected chi connectivity index (χ1v) is 7.39. The molecule has 8 heteroatoms. The van der Waals surface area contributed by atoms with Crippen LogP contribution in [-0.2, 0) is 11.3 Å². The lowest BCUT2D eigenvalue weighted by atomic mass is 10.2. The molecule has 2 heterocycles. The molecule has 126 valence electrons. The summed E-state index contributed by atoms with van der Waals surface area (Å²) in [4.78, 5) is 23.9. The number of piperazine rings is 1. The van der Waals surface area contributed by atoms with Crippen LogP contribution in [-0.4, -0.2) is 47.5 Å². The molecule has 1 aliphatic heterocycles. The molecule has 0 unspecified atom stereocenters. The third-order valence-electron chi connectivity index (χ3n) is 3.84. The Kier molecular flexibility index (Phi) is 4.54. The number of aromatic nitrogens is 2. The molecule has 0 aliphatic carbocycles. The van der Waals surface area contributed by atoms with Gasteiger partial charge < -0.3 is 14.5 Å². The number of carbonyl (C=O) groups excluding carboxylic acids is 1. The lowest BCUT2D eigenvalue weighted by Crippen LogP contribution is -2.50. The Morgan fingerprint density at radius 2 is 2.00 bits per heavy atom. The molecule has 1 aliphatic rings. The first-order chi connectivity index (χ1) is 11.6. The molecule has 1 amide bonds. The number of benzene rings is 1. The number of hydrogen-bond donors (Lipinski definition) is 0. The minimum absolute atomic E-state index is 0.108. The zero-order valence-electron chi connectivity index (χ0n) is 13.1. The largest absolute Gasteiger partial charge is 0.481 e. The van der Waals surface area contributed by atoms with E-state index in [2.05, 4.69) is 9.97 Å². The molecule has 1 saturated heterocycles. The Labute approximate surface area is 137 Å². The standard InChI is InChI=1S/C16H16F2N4O2/c1-24-15-7-14(19-10-20-15)21-4-5-22(16(23)9-21)8-11-2-3-12(17)13(18)6-11/h2-3,6-7,10H,4-5,8-9H2,1H3. The third kappa shape index (κ3) is 3.42. The summed E-state index contributed by atoms with van der Waals surface area (Å²) in [5.74, 6) is -0.873. The van der Waals surface area contributed by atoms with Crippen molar-refractivity contribution in [3.8, 4) is 5.88 Å². The van der Waals surface area contributed by atoms with Gasteiger partial charge in [-0.3, -0.25) is 4.79 Å². The quantitative estimate of drug-likeness (QED) is 0.850. The second kappa shape index (κ2) is 6.77. The molecule has 6 nitrogen and oxygen atoms in total. The Morgan fingerprint density at radius 3 is 2.71 bits per heavy atom. The number of ether oxygens (including phenoxy) is 1. The fourth-order valence-corrected chi connectivity index (χ4v) is 2.54. The van der Waals surface area contributed by atoms with Crippen molar-refractivity contribution >= 4 is 11.7 Å². The first-order valence-electron chi connectivity index (χ1n) is 7.39. The van der Waals surface area contributed by atoms with Crippen LogP contribution in [0.15, 0.2) is 30.6 Å². The summed E-state index contributed by atoms with van der Waals surface area (Å²) in [5, 5.41) is 0. The highest BCUT2D eigenvalue weighted by Gasteiger charge is 2.25. The van der Waals surface area contributed by atoms with Crippen molar-refractivity contribution in [2.75, 3.05) is 31.6 Å². The molecule has 0 spiro atoms. The lowest BCUT2D eigenvalue weighted by Gasteiger charge is -2.35. The highest BCUT2D eigenvalue weighted by atomic mass is 19.2. The number of methoxy groups -OCH3 is 1. The number of amides is 1. The first kappa shape index (κ1) is 16.1. The maximum atomic E-state index is 13.3. The average Bonchev–Trinajstić information content (AvgIpc) is 2.60. The van der Waals surface area contributed by atoms with E-state index in [4.69, 9.17) is 4.74 Å². The van der Waals surface area contributed by atoms with E-state index < -0.39 is 11.6 Å². The molecule has 3 rings (SSSR count). The van der Waals surface area contributed by atoms with E-state index in [1.165, 1.54) is 19.5 Å². The maximum absolute atomic E-state index is 13.3. The van der Waals surface area contributed by atoms with Crippen LogP contribution in [0, 0.1) is 11.6 Å². The predicted octanol–water partition coefficient (Wildman–Crippen LogP) is 1.61. The minimum Gasteiger partial charge on any atom is -0.481 e. The lowest BCUT2D eigenvalue weighted by molar-refractivity contribution is -0.131. The van der Waals surface area contributed by atoms with Crippen LogP contribution in [0.2, 0.25) is 0 Å². The summed E-state index contributed by atoms with van der Waals surface area (Å²) in [6.45, 7) is 1.44. The van der Waals surface area contributed by atoms with E-state index >= 15 is 0 Å². The van der Waals surface area contributed by atoms with Gasteiger partial charge in [-0.2, -0.15) is 0 Å². The van der Waals surface area contributed by atoms with Crippen LogP contribution in [0.5, 0.6) is 5.88 Å². The number of halogens is 2. The molecular weight excluding hydrogens is 318 g/mol. The van der Waals surface area contributed by atoms with Crippen LogP contribution >= 0.6 is 0 Å². The van der Waals surface area contributed by atoms with Crippen LogP contribution in [0.3, 0.4) is 0 Å². The summed E-state index contributed by atoms with van der Waals surface area (Å²) >= 11 is 0. The molecule has 1 fully saturated rings. The molecule has 1 aromatic heterocycles. The smallest absolute Gasteiger partial charge is 0.242 e. The monoisotopic (exact) mass is 334 g/mol.